The molecule has 0 rings (SSSR count). The Morgan fingerprint density at radius 2 is 2.14 bits per heavy atom. The fourth-order valence-electron chi connectivity index (χ4n) is 0.0373. The van der Waals surface area contributed by atoms with E-state index in [1.54, 1.807) is 0 Å². The van der Waals surface area contributed by atoms with Crippen molar-refractivity contribution in [3.8, 4) is 18.9 Å². The molecule has 0 saturated carbocycles. The number of nitriles is 1. The van der Waals surface area contributed by atoms with Crippen molar-refractivity contribution < 1.29 is 10.1 Å². The van der Waals surface area contributed by atoms with Gasteiger partial charge in [0.05, 0.1) is 0 Å². The Balaban J connectivity index is 0. The molecule has 0 amide bonds. The Morgan fingerprint density at radius 1 is 1.71 bits per heavy atom. The molecule has 0 aliphatic heterocycles. The first-order chi connectivity index (χ1) is 3.41. The SMILES string of the molecule is C#CCOO.C#N. The monoisotopic (exact) mass is 99.0 g/mol. The van der Waals surface area contributed by atoms with Crippen molar-refractivity contribution in [2.24, 2.45) is 0 Å². The van der Waals surface area contributed by atoms with Crippen molar-refractivity contribution >= 4 is 0 Å². The zero-order valence-electron chi connectivity index (χ0n) is 3.66. The van der Waals surface area contributed by atoms with E-state index in [1.165, 1.54) is 0 Å². The first-order valence-corrected chi connectivity index (χ1v) is 1.37. The molecule has 0 radical (unpaired) electrons. The third kappa shape index (κ3) is 46.6. The van der Waals surface area contributed by atoms with Crippen LogP contribution in [0, 0.1) is 24.2 Å². The van der Waals surface area contributed by atoms with Crippen molar-refractivity contribution in [1.82, 2.24) is 0 Å². The second-order valence-corrected chi connectivity index (χ2v) is 0.478. The Morgan fingerprint density at radius 3 is 2.14 bits per heavy atom. The molecule has 38 valence electrons. The minimum absolute atomic E-state index is 0.0278. The van der Waals surface area contributed by atoms with Gasteiger partial charge in [-0.2, -0.15) is 0 Å². The maximum absolute atomic E-state index is 7.42. The van der Waals surface area contributed by atoms with E-state index in [2.05, 4.69) is 17.9 Å². The predicted octanol–water partition coefficient (Wildman–Crippen LogP) is 0.249. The molecule has 0 heterocycles. The highest BCUT2D eigenvalue weighted by Gasteiger charge is 1.60. The van der Waals surface area contributed by atoms with Crippen molar-refractivity contribution in [2.45, 2.75) is 0 Å². The zero-order chi connectivity index (χ0) is 6.12. The van der Waals surface area contributed by atoms with Gasteiger partial charge in [-0.05, 0) is 0 Å². The minimum Gasteiger partial charge on any atom is -0.251 e. The van der Waals surface area contributed by atoms with Crippen LogP contribution in [-0.4, -0.2) is 11.9 Å². The smallest absolute Gasteiger partial charge is 0.142 e. The van der Waals surface area contributed by atoms with Gasteiger partial charge in [0, 0.05) is 6.57 Å². The molecule has 3 nitrogen and oxygen atoms in total. The molecule has 1 N–H and O–H groups in total. The summed E-state index contributed by atoms with van der Waals surface area (Å²) in [5, 5.41) is 13.9. The largest absolute Gasteiger partial charge is 0.251 e. The molecule has 3 heteroatoms. The standard InChI is InChI=1S/C3H4O2.CHN/c1-2-3-5-4;1-2/h1,4H,3H2;1H. The lowest BCUT2D eigenvalue weighted by molar-refractivity contribution is -0.229. The Hall–Kier alpha value is -1.03. The van der Waals surface area contributed by atoms with Crippen LogP contribution in [-0.2, 0) is 4.89 Å². The summed E-state index contributed by atoms with van der Waals surface area (Å²) in [4.78, 5) is 3.45. The van der Waals surface area contributed by atoms with Crippen LogP contribution >= 0.6 is 0 Å². The Labute approximate surface area is 42.1 Å². The van der Waals surface area contributed by atoms with Crippen molar-refractivity contribution in [3.63, 3.8) is 0 Å². The van der Waals surface area contributed by atoms with Crippen molar-refractivity contribution in [1.29, 1.82) is 5.26 Å². The molecular formula is C4H5NO2. The van der Waals surface area contributed by atoms with Crippen LogP contribution in [0.3, 0.4) is 0 Å². The van der Waals surface area contributed by atoms with E-state index < -0.39 is 0 Å². The molecule has 7 heavy (non-hydrogen) atoms. The number of hydrogen-bond donors (Lipinski definition) is 1. The third-order valence-corrected chi connectivity index (χ3v) is 0.148. The highest BCUT2D eigenvalue weighted by atomic mass is 17.1. The number of hydrogen-bond acceptors (Lipinski definition) is 3. The molecule has 0 bridgehead atoms. The summed E-state index contributed by atoms with van der Waals surface area (Å²) in [5.41, 5.74) is 0. The summed E-state index contributed by atoms with van der Waals surface area (Å²) in [7, 11) is 0. The number of nitrogens with zero attached hydrogens (tertiary/aromatic N) is 1. The van der Waals surface area contributed by atoms with E-state index >= 15 is 0 Å². The quantitative estimate of drug-likeness (QED) is 0.291. The van der Waals surface area contributed by atoms with E-state index in [0.29, 0.717) is 0 Å². The summed E-state index contributed by atoms with van der Waals surface area (Å²) >= 11 is 0. The molecule has 0 aromatic rings. The maximum atomic E-state index is 7.42. The number of rotatable bonds is 1. The van der Waals surface area contributed by atoms with Crippen LogP contribution in [0.4, 0.5) is 0 Å². The lowest BCUT2D eigenvalue weighted by atomic mass is 10.8. The third-order valence-electron chi connectivity index (χ3n) is 0.148. The Kier molecular flexibility index (Phi) is 27.0. The number of terminal acetylenes is 1. The van der Waals surface area contributed by atoms with Gasteiger partial charge >= 0.3 is 0 Å². The van der Waals surface area contributed by atoms with Crippen LogP contribution in [0.5, 0.6) is 0 Å². The van der Waals surface area contributed by atoms with Gasteiger partial charge < -0.3 is 0 Å². The highest BCUT2D eigenvalue weighted by molar-refractivity contribution is 4.81. The van der Waals surface area contributed by atoms with Gasteiger partial charge in [0.15, 0.2) is 0 Å². The summed E-state index contributed by atoms with van der Waals surface area (Å²) in [6.45, 7) is 3.47. The molecule has 0 aliphatic rings. The van der Waals surface area contributed by atoms with Crippen LogP contribution < -0.4 is 0 Å². The van der Waals surface area contributed by atoms with Gasteiger partial charge in [-0.15, -0.1) is 6.42 Å². The van der Waals surface area contributed by atoms with Crippen LogP contribution in [0.2, 0.25) is 0 Å². The topological polar surface area (TPSA) is 53.2 Å². The average molecular weight is 99.1 g/mol. The molecule has 0 aromatic heterocycles. The summed E-state index contributed by atoms with van der Waals surface area (Å²) in [6.07, 6.45) is 4.60. The lowest BCUT2D eigenvalue weighted by Crippen LogP contribution is -1.78. The van der Waals surface area contributed by atoms with Crippen molar-refractivity contribution in [2.75, 3.05) is 6.61 Å². The van der Waals surface area contributed by atoms with Gasteiger partial charge in [-0.1, -0.05) is 5.92 Å². The molecule has 0 saturated heterocycles. The van der Waals surface area contributed by atoms with Gasteiger partial charge in [-0.3, -0.25) is 5.26 Å². The normalized spacial score (nSPS) is 4.86. The fraction of sp³-hybridized carbons (Fsp3) is 0.250. The van der Waals surface area contributed by atoms with E-state index in [0.717, 1.165) is 0 Å². The van der Waals surface area contributed by atoms with E-state index in [-0.39, 0.29) is 6.61 Å². The molecule has 0 unspecified atom stereocenters. The maximum Gasteiger partial charge on any atom is 0.142 e. The van der Waals surface area contributed by atoms with E-state index in [4.69, 9.17) is 10.5 Å². The zero-order valence-corrected chi connectivity index (χ0v) is 3.66. The molecule has 0 aromatic carbocycles. The van der Waals surface area contributed by atoms with Crippen LogP contribution in [0.15, 0.2) is 0 Å². The average Bonchev–Trinajstić information content (AvgIpc) is 1.75. The van der Waals surface area contributed by atoms with E-state index in [9.17, 15) is 0 Å². The molecule has 0 fully saturated rings. The van der Waals surface area contributed by atoms with E-state index in [1.807, 2.05) is 5.92 Å². The second-order valence-electron chi connectivity index (χ2n) is 0.478. The Bertz CT molecular complexity index is 71.5. The first kappa shape index (κ1) is 9.36. The summed E-state index contributed by atoms with van der Waals surface area (Å²) < 4.78 is 0. The predicted molar refractivity (Wildman–Crippen MR) is 24.1 cm³/mol. The summed E-state index contributed by atoms with van der Waals surface area (Å²) in [6, 6.07) is 0. The highest BCUT2D eigenvalue weighted by Crippen LogP contribution is 1.53. The van der Waals surface area contributed by atoms with Crippen LogP contribution in [0.25, 0.3) is 0 Å². The van der Waals surface area contributed by atoms with Gasteiger partial charge in [0.2, 0.25) is 0 Å². The van der Waals surface area contributed by atoms with Gasteiger partial charge in [-0.25, -0.2) is 10.1 Å². The molecule has 0 spiro atoms. The minimum atomic E-state index is -0.0278. The van der Waals surface area contributed by atoms with Gasteiger partial charge in [0.1, 0.15) is 6.61 Å². The molecule has 0 aliphatic carbocycles. The van der Waals surface area contributed by atoms with Crippen molar-refractivity contribution in [3.05, 3.63) is 0 Å². The first-order valence-electron chi connectivity index (χ1n) is 1.37. The molecule has 0 atom stereocenters. The fourth-order valence-corrected chi connectivity index (χ4v) is 0.0373. The van der Waals surface area contributed by atoms with Crippen LogP contribution in [0.1, 0.15) is 0 Å². The second kappa shape index (κ2) is 20.2. The molecular weight excluding hydrogens is 94.0 g/mol. The van der Waals surface area contributed by atoms with Gasteiger partial charge in [0.25, 0.3) is 0 Å². The summed E-state index contributed by atoms with van der Waals surface area (Å²) in [5.74, 6) is 2.05. The lowest BCUT2D eigenvalue weighted by Gasteiger charge is -1.74.